The van der Waals surface area contributed by atoms with Crippen LogP contribution in [0.2, 0.25) is 0 Å². The van der Waals surface area contributed by atoms with Gasteiger partial charge in [0.15, 0.2) is 15.7 Å². The Labute approximate surface area is 314 Å². The highest BCUT2D eigenvalue weighted by atomic mass is 32.1. The Morgan fingerprint density at radius 3 is 2.06 bits per heavy atom. The molecule has 6 aromatic rings. The van der Waals surface area contributed by atoms with Gasteiger partial charge in [-0.3, -0.25) is 39.3 Å². The topological polar surface area (TPSA) is 240 Å². The van der Waals surface area contributed by atoms with Gasteiger partial charge in [0.1, 0.15) is 16.8 Å². The SMILES string of the molecule is NC(=O)c1cnc2c(c1)nc(NC(=O)c1nccs1)n2CC=CCn1c(NC(=O)c2nccs2)nc2cc(C(N)=O)cc(OCCCN3CCOCC3)c21. The van der Waals surface area contributed by atoms with Gasteiger partial charge < -0.3 is 25.5 Å². The molecule has 0 unspecified atom stereocenters. The number of morpholine rings is 1. The third kappa shape index (κ3) is 8.10. The summed E-state index contributed by atoms with van der Waals surface area (Å²) >= 11 is 2.36. The van der Waals surface area contributed by atoms with Crippen LogP contribution in [0.15, 0.2) is 59.7 Å². The second kappa shape index (κ2) is 16.3. The zero-order valence-corrected chi connectivity index (χ0v) is 30.3. The van der Waals surface area contributed by atoms with Gasteiger partial charge in [0.05, 0.1) is 30.9 Å². The molecule has 54 heavy (non-hydrogen) atoms. The number of allylic oxidation sites excluding steroid dienone is 2. The third-order valence-corrected chi connectivity index (χ3v) is 9.93. The van der Waals surface area contributed by atoms with Crippen LogP contribution in [-0.4, -0.2) is 102 Å². The predicted octanol–water partition coefficient (Wildman–Crippen LogP) is 2.75. The second-order valence-corrected chi connectivity index (χ2v) is 13.7. The summed E-state index contributed by atoms with van der Waals surface area (Å²) in [6, 6.07) is 4.63. The third-order valence-electron chi connectivity index (χ3n) is 8.39. The van der Waals surface area contributed by atoms with Crippen LogP contribution in [0.3, 0.4) is 0 Å². The summed E-state index contributed by atoms with van der Waals surface area (Å²) in [5.41, 5.74) is 13.2. The Morgan fingerprint density at radius 1 is 0.815 bits per heavy atom. The average molecular weight is 771 g/mol. The van der Waals surface area contributed by atoms with E-state index in [2.05, 4.69) is 40.5 Å². The lowest BCUT2D eigenvalue weighted by molar-refractivity contribution is 0.0358. The number of nitrogens with two attached hydrogens (primary N) is 2. The number of carbonyl (C=O) groups is 4. The van der Waals surface area contributed by atoms with Crippen molar-refractivity contribution in [1.82, 2.24) is 39.0 Å². The van der Waals surface area contributed by atoms with E-state index in [0.717, 1.165) is 26.1 Å². The lowest BCUT2D eigenvalue weighted by Gasteiger charge is -2.26. The minimum atomic E-state index is -0.666. The summed E-state index contributed by atoms with van der Waals surface area (Å²) in [6.07, 6.45) is 8.78. The number of nitrogens with one attached hydrogen (secondary N) is 2. The van der Waals surface area contributed by atoms with Crippen molar-refractivity contribution in [2.75, 3.05) is 50.1 Å². The minimum absolute atomic E-state index is 0.165. The number of aromatic nitrogens is 7. The molecule has 0 saturated carbocycles. The number of fused-ring (bicyclic) bond motifs is 2. The van der Waals surface area contributed by atoms with Crippen LogP contribution in [0.1, 0.15) is 46.7 Å². The van der Waals surface area contributed by atoms with Crippen LogP contribution < -0.4 is 26.8 Å². The van der Waals surface area contributed by atoms with Crippen LogP contribution in [0, 0.1) is 0 Å². The first-order chi connectivity index (χ1) is 26.2. The molecule has 1 aliphatic rings. The summed E-state index contributed by atoms with van der Waals surface area (Å²) in [7, 11) is 0. The maximum absolute atomic E-state index is 13.2. The smallest absolute Gasteiger partial charge is 0.286 e. The number of hydrogen-bond donors (Lipinski definition) is 4. The van der Waals surface area contributed by atoms with Gasteiger partial charge in [-0.15, -0.1) is 22.7 Å². The first kappa shape index (κ1) is 36.3. The van der Waals surface area contributed by atoms with Crippen molar-refractivity contribution < 1.29 is 28.7 Å². The van der Waals surface area contributed by atoms with Crippen LogP contribution >= 0.6 is 22.7 Å². The highest BCUT2D eigenvalue weighted by Crippen LogP contribution is 2.32. The fourth-order valence-corrected chi connectivity index (χ4v) is 6.87. The molecular weight excluding hydrogens is 737 g/mol. The van der Waals surface area contributed by atoms with Crippen LogP contribution in [0.4, 0.5) is 11.9 Å². The highest BCUT2D eigenvalue weighted by molar-refractivity contribution is 7.12. The van der Waals surface area contributed by atoms with Gasteiger partial charge in [0, 0.05) is 67.6 Å². The van der Waals surface area contributed by atoms with E-state index in [9.17, 15) is 19.2 Å². The van der Waals surface area contributed by atoms with E-state index >= 15 is 0 Å². The standard InChI is InChI=1S/C34H34N12O6S2/c35-26(47)20-16-22-25(24(18-20)52-11-3-6-44-9-12-51-13-10-44)45(33(40-22)42-29(49)31-37-4-14-53-31)7-1-2-8-46-28-23(17-21(19-39-28)27(36)48)41-34(46)43-30(50)32-38-5-15-54-32/h1-2,4-5,14-19H,3,6-13H2,(H2,35,47)(H2,36,48)(H,40,42,49)(H,41,43,50). The number of amides is 4. The van der Waals surface area contributed by atoms with E-state index in [4.69, 9.17) is 20.9 Å². The number of hydrogen-bond acceptors (Lipinski definition) is 14. The molecule has 4 amide bonds. The number of imidazole rings is 2. The van der Waals surface area contributed by atoms with E-state index in [1.54, 1.807) is 32.0 Å². The van der Waals surface area contributed by atoms with E-state index in [1.165, 1.54) is 47.3 Å². The summed E-state index contributed by atoms with van der Waals surface area (Å²) in [5.74, 6) is -1.48. The lowest BCUT2D eigenvalue weighted by atomic mass is 10.1. The summed E-state index contributed by atoms with van der Waals surface area (Å²) < 4.78 is 15.2. The molecule has 1 saturated heterocycles. The first-order valence-corrected chi connectivity index (χ1v) is 18.5. The minimum Gasteiger partial charge on any atom is -0.491 e. The van der Waals surface area contributed by atoms with Crippen molar-refractivity contribution in [3.63, 3.8) is 0 Å². The molecule has 1 fully saturated rings. The van der Waals surface area contributed by atoms with Gasteiger partial charge in [0.25, 0.3) is 11.8 Å². The van der Waals surface area contributed by atoms with E-state index in [-0.39, 0.29) is 46.1 Å². The number of thiazole rings is 2. The number of pyridine rings is 1. The molecule has 0 bridgehead atoms. The lowest BCUT2D eigenvalue weighted by Crippen LogP contribution is -2.37. The van der Waals surface area contributed by atoms with Gasteiger partial charge in [0.2, 0.25) is 23.7 Å². The van der Waals surface area contributed by atoms with E-state index < -0.39 is 23.6 Å². The second-order valence-electron chi connectivity index (χ2n) is 11.9. The van der Waals surface area contributed by atoms with Crippen molar-refractivity contribution in [2.45, 2.75) is 19.5 Å². The molecule has 7 rings (SSSR count). The molecule has 0 aliphatic carbocycles. The van der Waals surface area contributed by atoms with E-state index in [1.807, 2.05) is 12.2 Å². The van der Waals surface area contributed by atoms with Crippen molar-refractivity contribution in [3.05, 3.63) is 80.8 Å². The molecule has 1 aromatic carbocycles. The van der Waals surface area contributed by atoms with Gasteiger partial charge in [-0.05, 0) is 24.6 Å². The molecule has 1 aliphatic heterocycles. The molecule has 20 heteroatoms. The molecule has 0 atom stereocenters. The fourth-order valence-electron chi connectivity index (χ4n) is 5.81. The number of primary amides is 2. The molecular formula is C34H34N12O6S2. The quantitative estimate of drug-likeness (QED) is 0.0871. The Bertz CT molecular complexity index is 2350. The maximum Gasteiger partial charge on any atom is 0.286 e. The van der Waals surface area contributed by atoms with Crippen LogP contribution in [-0.2, 0) is 17.8 Å². The van der Waals surface area contributed by atoms with Crippen molar-refractivity contribution in [2.24, 2.45) is 11.5 Å². The predicted molar refractivity (Wildman–Crippen MR) is 201 cm³/mol. The number of ether oxygens (including phenoxy) is 2. The zero-order valence-electron chi connectivity index (χ0n) is 28.6. The molecule has 0 radical (unpaired) electrons. The molecule has 278 valence electrons. The highest BCUT2D eigenvalue weighted by Gasteiger charge is 2.22. The van der Waals surface area contributed by atoms with Crippen molar-refractivity contribution in [1.29, 1.82) is 0 Å². The van der Waals surface area contributed by atoms with Gasteiger partial charge in [-0.1, -0.05) is 12.2 Å². The summed E-state index contributed by atoms with van der Waals surface area (Å²) in [4.78, 5) is 74.4. The van der Waals surface area contributed by atoms with Crippen LogP contribution in [0.5, 0.6) is 5.75 Å². The van der Waals surface area contributed by atoms with Crippen molar-refractivity contribution in [3.8, 4) is 5.75 Å². The van der Waals surface area contributed by atoms with E-state index in [0.29, 0.717) is 47.8 Å². The fraction of sp³-hybridized carbons (Fsp3) is 0.265. The average Bonchev–Trinajstić information content (AvgIpc) is 4.00. The van der Waals surface area contributed by atoms with Gasteiger partial charge in [-0.25, -0.2) is 24.9 Å². The summed E-state index contributed by atoms with van der Waals surface area (Å²) in [6.45, 7) is 4.63. The monoisotopic (exact) mass is 770 g/mol. The van der Waals surface area contributed by atoms with Gasteiger partial charge >= 0.3 is 0 Å². The number of rotatable bonds is 15. The van der Waals surface area contributed by atoms with Gasteiger partial charge in [-0.2, -0.15) is 0 Å². The largest absolute Gasteiger partial charge is 0.491 e. The van der Waals surface area contributed by atoms with Crippen molar-refractivity contribution >= 4 is 80.4 Å². The summed E-state index contributed by atoms with van der Waals surface area (Å²) in [5, 5.41) is 9.49. The normalized spacial score (nSPS) is 13.5. The van der Waals surface area contributed by atoms with Crippen LogP contribution in [0.25, 0.3) is 22.2 Å². The number of nitrogens with zero attached hydrogens (tertiary/aromatic N) is 8. The Morgan fingerprint density at radius 2 is 1.43 bits per heavy atom. The molecule has 6 heterocycles. The molecule has 0 spiro atoms. The maximum atomic E-state index is 13.2. The number of benzene rings is 1. The zero-order chi connectivity index (χ0) is 37.6. The number of anilines is 2. The Kier molecular flexibility index (Phi) is 10.9. The number of carbonyl (C=O) groups excluding carboxylic acids is 4. The molecule has 5 aromatic heterocycles. The Balaban J connectivity index is 1.19. The first-order valence-electron chi connectivity index (χ1n) is 16.7. The Hall–Kier alpha value is -6.09. The molecule has 6 N–H and O–H groups in total. The molecule has 18 nitrogen and oxygen atoms in total.